The van der Waals surface area contributed by atoms with Gasteiger partial charge in [0, 0.05) is 48.9 Å². The highest BCUT2D eigenvalue weighted by Crippen LogP contribution is 2.28. The van der Waals surface area contributed by atoms with Gasteiger partial charge in [-0.15, -0.1) is 0 Å². The van der Waals surface area contributed by atoms with E-state index in [0.717, 1.165) is 54.3 Å². The molecule has 4 rings (SSSR count). The Balaban J connectivity index is 1.53. The molecule has 4 heterocycles. The van der Waals surface area contributed by atoms with Crippen LogP contribution in [0.1, 0.15) is 29.6 Å². The molecular weight excluding hydrogens is 326 g/mol. The van der Waals surface area contributed by atoms with Crippen molar-refractivity contribution in [2.24, 2.45) is 0 Å². The molecule has 7 heteroatoms. The van der Waals surface area contributed by atoms with E-state index in [1.54, 1.807) is 12.4 Å². The summed E-state index contributed by atoms with van der Waals surface area (Å²) < 4.78 is 0. The number of rotatable bonds is 4. The van der Waals surface area contributed by atoms with Crippen LogP contribution < -0.4 is 10.2 Å². The first-order valence-corrected chi connectivity index (χ1v) is 8.75. The SMILES string of the molecule is Cc1cccc(Nc2cc(C)nc(C3CCN(c4ncccn4)C3)n2)n1. The highest BCUT2D eigenvalue weighted by Gasteiger charge is 2.28. The Labute approximate surface area is 152 Å². The number of aryl methyl sites for hydroxylation is 2. The van der Waals surface area contributed by atoms with Crippen LogP contribution in [0.25, 0.3) is 0 Å². The Morgan fingerprint density at radius 1 is 0.962 bits per heavy atom. The molecule has 1 N–H and O–H groups in total. The second-order valence-corrected chi connectivity index (χ2v) is 6.52. The van der Waals surface area contributed by atoms with E-state index in [4.69, 9.17) is 4.98 Å². The van der Waals surface area contributed by atoms with Gasteiger partial charge in [0.25, 0.3) is 0 Å². The van der Waals surface area contributed by atoms with Gasteiger partial charge in [0.15, 0.2) is 0 Å². The lowest BCUT2D eigenvalue weighted by atomic mass is 10.1. The fourth-order valence-corrected chi connectivity index (χ4v) is 3.19. The third kappa shape index (κ3) is 3.61. The van der Waals surface area contributed by atoms with E-state index in [0.29, 0.717) is 0 Å². The lowest BCUT2D eigenvalue weighted by molar-refractivity contribution is 0.704. The van der Waals surface area contributed by atoms with Gasteiger partial charge in [0.2, 0.25) is 5.95 Å². The Morgan fingerprint density at radius 3 is 2.62 bits per heavy atom. The van der Waals surface area contributed by atoms with Gasteiger partial charge in [-0.3, -0.25) is 0 Å². The zero-order chi connectivity index (χ0) is 17.9. The maximum absolute atomic E-state index is 4.74. The van der Waals surface area contributed by atoms with Crippen molar-refractivity contribution in [3.05, 3.63) is 59.9 Å². The molecule has 0 aliphatic carbocycles. The van der Waals surface area contributed by atoms with Gasteiger partial charge < -0.3 is 10.2 Å². The molecule has 1 saturated heterocycles. The molecule has 1 aliphatic heterocycles. The minimum absolute atomic E-state index is 0.268. The molecule has 1 unspecified atom stereocenters. The Bertz CT molecular complexity index is 897. The van der Waals surface area contributed by atoms with Crippen LogP contribution >= 0.6 is 0 Å². The van der Waals surface area contributed by atoms with Crippen molar-refractivity contribution in [2.75, 3.05) is 23.3 Å². The van der Waals surface area contributed by atoms with E-state index in [2.05, 4.69) is 30.2 Å². The summed E-state index contributed by atoms with van der Waals surface area (Å²) in [7, 11) is 0. The second kappa shape index (κ2) is 7.03. The summed E-state index contributed by atoms with van der Waals surface area (Å²) in [6.07, 6.45) is 4.54. The summed E-state index contributed by atoms with van der Waals surface area (Å²) in [4.78, 5) is 24.8. The van der Waals surface area contributed by atoms with Gasteiger partial charge in [-0.1, -0.05) is 6.07 Å². The normalized spacial score (nSPS) is 16.7. The van der Waals surface area contributed by atoms with Crippen molar-refractivity contribution in [3.8, 4) is 0 Å². The molecule has 3 aromatic heterocycles. The van der Waals surface area contributed by atoms with Crippen LogP contribution in [-0.4, -0.2) is 38.0 Å². The first-order valence-electron chi connectivity index (χ1n) is 8.75. The molecule has 1 aliphatic rings. The zero-order valence-electron chi connectivity index (χ0n) is 14.9. The highest BCUT2D eigenvalue weighted by molar-refractivity contribution is 5.52. The van der Waals surface area contributed by atoms with E-state index < -0.39 is 0 Å². The molecule has 0 aromatic carbocycles. The number of nitrogens with one attached hydrogen (secondary N) is 1. The summed E-state index contributed by atoms with van der Waals surface area (Å²) in [5, 5.41) is 3.29. The van der Waals surface area contributed by atoms with Gasteiger partial charge >= 0.3 is 0 Å². The molecule has 0 bridgehead atoms. The van der Waals surface area contributed by atoms with Crippen molar-refractivity contribution < 1.29 is 0 Å². The smallest absolute Gasteiger partial charge is 0.225 e. The Kier molecular flexibility index (Phi) is 4.43. The number of aromatic nitrogens is 5. The van der Waals surface area contributed by atoms with Gasteiger partial charge in [-0.05, 0) is 38.5 Å². The van der Waals surface area contributed by atoms with E-state index in [1.165, 1.54) is 0 Å². The third-order valence-corrected chi connectivity index (χ3v) is 4.40. The quantitative estimate of drug-likeness (QED) is 0.777. The van der Waals surface area contributed by atoms with E-state index >= 15 is 0 Å². The fourth-order valence-electron chi connectivity index (χ4n) is 3.19. The van der Waals surface area contributed by atoms with Gasteiger partial charge in [0.1, 0.15) is 17.5 Å². The van der Waals surface area contributed by atoms with Crippen LogP contribution in [0.4, 0.5) is 17.6 Å². The lowest BCUT2D eigenvalue weighted by Crippen LogP contribution is -2.22. The molecule has 0 spiro atoms. The highest BCUT2D eigenvalue weighted by atomic mass is 15.3. The predicted molar refractivity (Wildman–Crippen MR) is 101 cm³/mol. The Hall–Kier alpha value is -3.09. The van der Waals surface area contributed by atoms with E-state index in [-0.39, 0.29) is 5.92 Å². The topological polar surface area (TPSA) is 79.7 Å². The lowest BCUT2D eigenvalue weighted by Gasteiger charge is -2.16. The zero-order valence-corrected chi connectivity index (χ0v) is 14.9. The summed E-state index contributed by atoms with van der Waals surface area (Å²) in [6.45, 7) is 5.71. The van der Waals surface area contributed by atoms with Crippen molar-refractivity contribution >= 4 is 17.6 Å². The minimum Gasteiger partial charge on any atom is -0.340 e. The number of hydrogen-bond donors (Lipinski definition) is 1. The van der Waals surface area contributed by atoms with Crippen LogP contribution in [0.15, 0.2) is 42.7 Å². The molecule has 7 nitrogen and oxygen atoms in total. The molecule has 1 atom stereocenters. The van der Waals surface area contributed by atoms with Crippen molar-refractivity contribution in [2.45, 2.75) is 26.2 Å². The molecule has 0 radical (unpaired) electrons. The summed E-state index contributed by atoms with van der Waals surface area (Å²) >= 11 is 0. The van der Waals surface area contributed by atoms with Crippen LogP contribution in [0.5, 0.6) is 0 Å². The molecule has 132 valence electrons. The van der Waals surface area contributed by atoms with Crippen LogP contribution in [0.3, 0.4) is 0 Å². The van der Waals surface area contributed by atoms with Crippen LogP contribution in [0.2, 0.25) is 0 Å². The first kappa shape index (κ1) is 16.4. The molecule has 0 amide bonds. The van der Waals surface area contributed by atoms with Crippen LogP contribution in [-0.2, 0) is 0 Å². The van der Waals surface area contributed by atoms with E-state index in [9.17, 15) is 0 Å². The summed E-state index contributed by atoms with van der Waals surface area (Å²) in [6, 6.07) is 9.67. The maximum Gasteiger partial charge on any atom is 0.225 e. The Morgan fingerprint density at radius 2 is 1.81 bits per heavy atom. The fraction of sp³-hybridized carbons (Fsp3) is 0.316. The first-order chi connectivity index (χ1) is 12.7. The van der Waals surface area contributed by atoms with Crippen LogP contribution in [0, 0.1) is 13.8 Å². The van der Waals surface area contributed by atoms with Gasteiger partial charge in [-0.2, -0.15) is 0 Å². The molecule has 3 aromatic rings. The molecule has 26 heavy (non-hydrogen) atoms. The molecular formula is C19H21N7. The summed E-state index contributed by atoms with van der Waals surface area (Å²) in [5.41, 5.74) is 1.91. The molecule has 1 fully saturated rings. The van der Waals surface area contributed by atoms with Crippen molar-refractivity contribution in [3.63, 3.8) is 0 Å². The average Bonchev–Trinajstić information content (AvgIpc) is 3.12. The predicted octanol–water partition coefficient (Wildman–Crippen LogP) is 3.02. The largest absolute Gasteiger partial charge is 0.340 e. The van der Waals surface area contributed by atoms with E-state index in [1.807, 2.05) is 44.2 Å². The number of anilines is 3. The number of pyridine rings is 1. The van der Waals surface area contributed by atoms with Gasteiger partial charge in [0.05, 0.1) is 0 Å². The maximum atomic E-state index is 4.74. The van der Waals surface area contributed by atoms with Gasteiger partial charge in [-0.25, -0.2) is 24.9 Å². The van der Waals surface area contributed by atoms with Crippen molar-refractivity contribution in [1.29, 1.82) is 0 Å². The minimum atomic E-state index is 0.268. The summed E-state index contributed by atoms with van der Waals surface area (Å²) in [5.74, 6) is 3.47. The number of hydrogen-bond acceptors (Lipinski definition) is 7. The average molecular weight is 347 g/mol. The molecule has 0 saturated carbocycles. The second-order valence-electron chi connectivity index (χ2n) is 6.52. The standard InChI is InChI=1S/C19H21N7/c1-13-5-3-6-16(22-13)24-17-11-14(2)23-18(25-17)15-7-10-26(12-15)19-20-8-4-9-21-19/h3-6,8-9,11,15H,7,10,12H2,1-2H3,(H,22,23,24,25). The third-order valence-electron chi connectivity index (χ3n) is 4.40. The van der Waals surface area contributed by atoms with Crippen molar-refractivity contribution in [1.82, 2.24) is 24.9 Å². The monoisotopic (exact) mass is 347 g/mol. The number of nitrogens with zero attached hydrogens (tertiary/aromatic N) is 6.